The normalized spacial score (nSPS) is 12.8. The molecule has 17 heavy (non-hydrogen) atoms. The molecular weight excluding hydrogens is 241 g/mol. The second-order valence-electron chi connectivity index (χ2n) is 4.00. The van der Waals surface area contributed by atoms with Gasteiger partial charge in [-0.2, -0.15) is 5.10 Å². The maximum Gasteiger partial charge on any atom is 0.123 e. The van der Waals surface area contributed by atoms with Gasteiger partial charge in [-0.3, -0.25) is 0 Å². The van der Waals surface area contributed by atoms with Crippen molar-refractivity contribution < 1.29 is 4.39 Å². The molecule has 1 unspecified atom stereocenters. The van der Waals surface area contributed by atoms with Gasteiger partial charge in [0, 0.05) is 12.2 Å². The average Bonchev–Trinajstić information content (AvgIpc) is 2.59. The molecular formula is C12H13ClFN3. The second-order valence-corrected chi connectivity index (χ2v) is 4.41. The van der Waals surface area contributed by atoms with Crippen LogP contribution < -0.4 is 5.73 Å². The van der Waals surface area contributed by atoms with Crippen LogP contribution in [0.2, 0.25) is 5.02 Å². The molecule has 0 aliphatic carbocycles. The third-order valence-corrected chi connectivity index (χ3v) is 2.94. The number of nitrogens with two attached hydrogens (primary N) is 1. The Balaban J connectivity index is 2.58. The SMILES string of the molecule is Cc1nn(-c2ccc(F)cc2C(C)N)cc1Cl. The molecule has 0 fully saturated rings. The number of halogens is 2. The molecule has 1 atom stereocenters. The minimum absolute atomic E-state index is 0.274. The standard InChI is InChI=1S/C12H13ClFN3/c1-7(15)10-5-9(14)3-4-12(10)17-6-11(13)8(2)16-17/h3-7H,15H2,1-2H3. The van der Waals surface area contributed by atoms with Gasteiger partial charge in [0.1, 0.15) is 5.82 Å². The van der Waals surface area contributed by atoms with E-state index in [-0.39, 0.29) is 11.9 Å². The molecule has 1 aromatic carbocycles. The molecule has 0 aliphatic heterocycles. The largest absolute Gasteiger partial charge is 0.324 e. The molecule has 0 amide bonds. The van der Waals surface area contributed by atoms with Gasteiger partial charge >= 0.3 is 0 Å². The van der Waals surface area contributed by atoms with Crippen LogP contribution in [0.1, 0.15) is 24.2 Å². The molecule has 3 nitrogen and oxygen atoms in total. The molecule has 5 heteroatoms. The molecule has 2 aromatic rings. The van der Waals surface area contributed by atoms with E-state index in [9.17, 15) is 4.39 Å². The zero-order chi connectivity index (χ0) is 12.6. The van der Waals surface area contributed by atoms with Crippen molar-refractivity contribution in [2.24, 2.45) is 5.73 Å². The molecule has 0 bridgehead atoms. The number of nitrogens with zero attached hydrogens (tertiary/aromatic N) is 2. The molecule has 0 saturated carbocycles. The molecule has 90 valence electrons. The first-order valence-corrected chi connectivity index (χ1v) is 5.64. The van der Waals surface area contributed by atoms with E-state index in [0.29, 0.717) is 10.6 Å². The van der Waals surface area contributed by atoms with Gasteiger partial charge in [-0.1, -0.05) is 11.6 Å². The van der Waals surface area contributed by atoms with Gasteiger partial charge in [0.15, 0.2) is 0 Å². The van der Waals surface area contributed by atoms with Crippen LogP contribution >= 0.6 is 11.6 Å². The summed E-state index contributed by atoms with van der Waals surface area (Å²) in [5.41, 5.74) is 8.00. The quantitative estimate of drug-likeness (QED) is 0.894. The van der Waals surface area contributed by atoms with E-state index in [1.54, 1.807) is 23.9 Å². The molecule has 1 heterocycles. The predicted molar refractivity (Wildman–Crippen MR) is 65.9 cm³/mol. The van der Waals surface area contributed by atoms with Crippen molar-refractivity contribution in [3.05, 3.63) is 46.5 Å². The molecule has 0 saturated heterocycles. The van der Waals surface area contributed by atoms with E-state index in [1.807, 2.05) is 6.92 Å². The number of hydrogen-bond donors (Lipinski definition) is 1. The van der Waals surface area contributed by atoms with Gasteiger partial charge in [-0.25, -0.2) is 9.07 Å². The number of aryl methyl sites for hydroxylation is 1. The zero-order valence-electron chi connectivity index (χ0n) is 9.61. The fourth-order valence-electron chi connectivity index (χ4n) is 1.66. The summed E-state index contributed by atoms with van der Waals surface area (Å²) < 4.78 is 14.8. The number of aromatic nitrogens is 2. The number of hydrogen-bond acceptors (Lipinski definition) is 2. The highest BCUT2D eigenvalue weighted by molar-refractivity contribution is 6.31. The van der Waals surface area contributed by atoms with E-state index >= 15 is 0 Å². The van der Waals surface area contributed by atoms with Crippen LogP contribution in [-0.4, -0.2) is 9.78 Å². The average molecular weight is 254 g/mol. The Morgan fingerprint density at radius 1 is 1.47 bits per heavy atom. The lowest BCUT2D eigenvalue weighted by molar-refractivity contribution is 0.620. The Bertz CT molecular complexity index is 529. The number of rotatable bonds is 2. The first kappa shape index (κ1) is 12.1. The fourth-order valence-corrected chi connectivity index (χ4v) is 1.79. The summed E-state index contributed by atoms with van der Waals surface area (Å²) in [4.78, 5) is 0. The first-order valence-electron chi connectivity index (χ1n) is 5.26. The summed E-state index contributed by atoms with van der Waals surface area (Å²) in [7, 11) is 0. The van der Waals surface area contributed by atoms with Crippen LogP contribution in [0.25, 0.3) is 5.69 Å². The lowest BCUT2D eigenvalue weighted by Crippen LogP contribution is -2.10. The van der Waals surface area contributed by atoms with Gasteiger partial charge in [-0.05, 0) is 37.6 Å². The molecule has 2 rings (SSSR count). The highest BCUT2D eigenvalue weighted by Gasteiger charge is 2.12. The van der Waals surface area contributed by atoms with Crippen LogP contribution in [0, 0.1) is 12.7 Å². The molecule has 0 radical (unpaired) electrons. The van der Waals surface area contributed by atoms with Gasteiger partial charge in [0.05, 0.1) is 16.4 Å². The Morgan fingerprint density at radius 2 is 2.18 bits per heavy atom. The summed E-state index contributed by atoms with van der Waals surface area (Å²) in [6.07, 6.45) is 1.69. The lowest BCUT2D eigenvalue weighted by atomic mass is 10.1. The van der Waals surface area contributed by atoms with Crippen molar-refractivity contribution in [2.45, 2.75) is 19.9 Å². The zero-order valence-corrected chi connectivity index (χ0v) is 10.4. The molecule has 1 aromatic heterocycles. The van der Waals surface area contributed by atoms with E-state index in [2.05, 4.69) is 5.10 Å². The Kier molecular flexibility index (Phi) is 3.17. The predicted octanol–water partition coefficient (Wildman–Crippen LogP) is 2.99. The van der Waals surface area contributed by atoms with Gasteiger partial charge < -0.3 is 5.73 Å². The van der Waals surface area contributed by atoms with E-state index in [4.69, 9.17) is 17.3 Å². The smallest absolute Gasteiger partial charge is 0.123 e. The highest BCUT2D eigenvalue weighted by Crippen LogP contribution is 2.23. The van der Waals surface area contributed by atoms with Crippen LogP contribution in [-0.2, 0) is 0 Å². The topological polar surface area (TPSA) is 43.8 Å². The lowest BCUT2D eigenvalue weighted by Gasteiger charge is -2.12. The maximum absolute atomic E-state index is 13.2. The van der Waals surface area contributed by atoms with Crippen LogP contribution in [0.5, 0.6) is 0 Å². The number of benzene rings is 1. The van der Waals surface area contributed by atoms with Crippen LogP contribution in [0.15, 0.2) is 24.4 Å². The summed E-state index contributed by atoms with van der Waals surface area (Å²) in [5, 5.41) is 4.83. The minimum Gasteiger partial charge on any atom is -0.324 e. The highest BCUT2D eigenvalue weighted by atomic mass is 35.5. The molecule has 0 aliphatic rings. The maximum atomic E-state index is 13.2. The first-order chi connectivity index (χ1) is 7.99. The van der Waals surface area contributed by atoms with E-state index in [1.165, 1.54) is 12.1 Å². The van der Waals surface area contributed by atoms with E-state index in [0.717, 1.165) is 11.4 Å². The van der Waals surface area contributed by atoms with E-state index < -0.39 is 0 Å². The summed E-state index contributed by atoms with van der Waals surface area (Å²) in [6, 6.07) is 4.18. The monoisotopic (exact) mass is 253 g/mol. The van der Waals surface area contributed by atoms with Gasteiger partial charge in [0.2, 0.25) is 0 Å². The summed E-state index contributed by atoms with van der Waals surface area (Å²) >= 11 is 5.95. The third kappa shape index (κ3) is 2.33. The summed E-state index contributed by atoms with van der Waals surface area (Å²) in [6.45, 7) is 3.62. The van der Waals surface area contributed by atoms with Crippen LogP contribution in [0.4, 0.5) is 4.39 Å². The molecule has 0 spiro atoms. The fraction of sp³-hybridized carbons (Fsp3) is 0.250. The Labute approximate surface area is 104 Å². The van der Waals surface area contributed by atoms with Crippen molar-refractivity contribution in [3.8, 4) is 5.69 Å². The van der Waals surface area contributed by atoms with Crippen molar-refractivity contribution >= 4 is 11.6 Å². The summed E-state index contributed by atoms with van der Waals surface area (Å²) in [5.74, 6) is -0.309. The van der Waals surface area contributed by atoms with Crippen molar-refractivity contribution in [1.29, 1.82) is 0 Å². The Morgan fingerprint density at radius 3 is 2.71 bits per heavy atom. The van der Waals surface area contributed by atoms with Crippen molar-refractivity contribution in [1.82, 2.24) is 9.78 Å². The third-order valence-electron chi connectivity index (χ3n) is 2.57. The van der Waals surface area contributed by atoms with Gasteiger partial charge in [0.25, 0.3) is 0 Å². The van der Waals surface area contributed by atoms with Crippen LogP contribution in [0.3, 0.4) is 0 Å². The van der Waals surface area contributed by atoms with Gasteiger partial charge in [-0.15, -0.1) is 0 Å². The molecule has 2 N–H and O–H groups in total. The minimum atomic E-state index is -0.309. The van der Waals surface area contributed by atoms with Crippen molar-refractivity contribution in [3.63, 3.8) is 0 Å². The second kappa shape index (κ2) is 4.47. The van der Waals surface area contributed by atoms with Crippen molar-refractivity contribution in [2.75, 3.05) is 0 Å². The Hall–Kier alpha value is -1.39.